The van der Waals surface area contributed by atoms with E-state index in [2.05, 4.69) is 15.3 Å². The molecule has 3 aliphatic rings. The van der Waals surface area contributed by atoms with E-state index in [0.29, 0.717) is 23.2 Å². The van der Waals surface area contributed by atoms with Gasteiger partial charge in [-0.15, -0.1) is 0 Å². The van der Waals surface area contributed by atoms with Crippen molar-refractivity contribution in [2.24, 2.45) is 5.92 Å². The minimum atomic E-state index is -0.554. The number of ether oxygens (including phenoxy) is 2. The number of hydrogen-bond donors (Lipinski definition) is 2. The molecule has 0 amide bonds. The first kappa shape index (κ1) is 15.4. The zero-order valence-corrected chi connectivity index (χ0v) is 13.8. The lowest BCUT2D eigenvalue weighted by Gasteiger charge is -2.42. The van der Waals surface area contributed by atoms with Gasteiger partial charge in [-0.05, 0) is 37.8 Å². The van der Waals surface area contributed by atoms with Gasteiger partial charge in [-0.25, -0.2) is 14.4 Å². The van der Waals surface area contributed by atoms with Crippen molar-refractivity contribution in [3.63, 3.8) is 0 Å². The van der Waals surface area contributed by atoms with Crippen molar-refractivity contribution in [2.75, 3.05) is 26.5 Å². The zero-order chi connectivity index (χ0) is 16.8. The van der Waals surface area contributed by atoms with Gasteiger partial charge in [0, 0.05) is 17.3 Å². The van der Waals surface area contributed by atoms with Crippen LogP contribution in [0.4, 0.5) is 10.2 Å². The maximum Gasteiger partial charge on any atom is 0.199 e. The van der Waals surface area contributed by atoms with Gasteiger partial charge in [0.15, 0.2) is 17.3 Å². The summed E-state index contributed by atoms with van der Waals surface area (Å²) in [6.45, 7) is 0.963. The summed E-state index contributed by atoms with van der Waals surface area (Å²) in [4.78, 5) is 9.02. The van der Waals surface area contributed by atoms with Gasteiger partial charge in [0.2, 0.25) is 0 Å². The number of halogens is 1. The third-order valence-electron chi connectivity index (χ3n) is 5.32. The van der Waals surface area contributed by atoms with Crippen LogP contribution >= 0.6 is 0 Å². The molecule has 1 aromatic heterocycles. The minimum Gasteiger partial charge on any atom is -0.493 e. The normalized spacial score (nSPS) is 25.9. The van der Waals surface area contributed by atoms with Crippen LogP contribution in [0, 0.1) is 11.7 Å². The molecule has 6 nitrogen and oxygen atoms in total. The number of nitrogens with one attached hydrogen (secondary N) is 1. The van der Waals surface area contributed by atoms with Crippen molar-refractivity contribution < 1.29 is 13.9 Å². The molecule has 1 aromatic carbocycles. The summed E-state index contributed by atoms with van der Waals surface area (Å²) in [5, 5.41) is 3.97. The standard InChI is InChI=1S/C17H21FN4O2/c1-23-12-6-11-14(13(18)15(12)24-2)21-17(22-16(11)19)10-5-9-4-3-8(10)7-20-9/h6,8-10,20H,3-5,7H2,1-2H3,(H2,19,21,22). The number of methoxy groups -OCH3 is 2. The molecule has 3 atom stereocenters. The molecule has 2 saturated heterocycles. The number of nitrogens with zero attached hydrogens (tertiary/aromatic N) is 2. The van der Waals surface area contributed by atoms with Crippen molar-refractivity contribution in [1.29, 1.82) is 0 Å². The number of aromatic nitrogens is 2. The molecule has 0 spiro atoms. The lowest BCUT2D eigenvalue weighted by molar-refractivity contribution is 0.175. The predicted molar refractivity (Wildman–Crippen MR) is 88.9 cm³/mol. The van der Waals surface area contributed by atoms with E-state index in [9.17, 15) is 4.39 Å². The van der Waals surface area contributed by atoms with Gasteiger partial charge in [-0.3, -0.25) is 0 Å². The van der Waals surface area contributed by atoms with Crippen molar-refractivity contribution in [3.8, 4) is 11.5 Å². The number of benzene rings is 1. The minimum absolute atomic E-state index is 0.0425. The van der Waals surface area contributed by atoms with Crippen molar-refractivity contribution >= 4 is 16.7 Å². The van der Waals surface area contributed by atoms with E-state index < -0.39 is 5.82 Å². The Kier molecular flexibility index (Phi) is 3.68. The van der Waals surface area contributed by atoms with Gasteiger partial charge in [0.25, 0.3) is 0 Å². The maximum absolute atomic E-state index is 14.9. The van der Waals surface area contributed by atoms with Crippen LogP contribution in [0.15, 0.2) is 6.07 Å². The molecule has 5 rings (SSSR count). The summed E-state index contributed by atoms with van der Waals surface area (Å²) < 4.78 is 25.2. The second-order valence-corrected chi connectivity index (χ2v) is 6.57. The van der Waals surface area contributed by atoms with E-state index in [-0.39, 0.29) is 28.8 Å². The number of anilines is 1. The summed E-state index contributed by atoms with van der Waals surface area (Å²) >= 11 is 0. The van der Waals surface area contributed by atoms with Gasteiger partial charge >= 0.3 is 0 Å². The number of rotatable bonds is 3. The highest BCUT2D eigenvalue weighted by atomic mass is 19.1. The molecule has 3 unspecified atom stereocenters. The summed E-state index contributed by atoms with van der Waals surface area (Å²) in [6.07, 6.45) is 3.31. The van der Waals surface area contributed by atoms with E-state index in [1.165, 1.54) is 20.6 Å². The number of nitrogen functional groups attached to an aromatic ring is 1. The van der Waals surface area contributed by atoms with Crippen molar-refractivity contribution in [2.45, 2.75) is 31.2 Å². The summed E-state index contributed by atoms with van der Waals surface area (Å²) in [6, 6.07) is 2.13. The molecule has 3 heterocycles. The fourth-order valence-corrected chi connectivity index (χ4v) is 4.03. The quantitative estimate of drug-likeness (QED) is 0.897. The van der Waals surface area contributed by atoms with Crippen LogP contribution in [-0.4, -0.2) is 36.8 Å². The van der Waals surface area contributed by atoms with Crippen LogP contribution in [0.5, 0.6) is 11.5 Å². The molecule has 2 aromatic rings. The molecule has 24 heavy (non-hydrogen) atoms. The molecule has 7 heteroatoms. The first-order chi connectivity index (χ1) is 11.6. The van der Waals surface area contributed by atoms with E-state index in [4.69, 9.17) is 15.2 Å². The highest BCUT2D eigenvalue weighted by molar-refractivity contribution is 5.91. The van der Waals surface area contributed by atoms with Crippen LogP contribution in [0.3, 0.4) is 0 Å². The highest BCUT2D eigenvalue weighted by Gasteiger charge is 2.38. The van der Waals surface area contributed by atoms with Gasteiger partial charge in [0.05, 0.1) is 14.2 Å². The number of hydrogen-bond acceptors (Lipinski definition) is 6. The van der Waals surface area contributed by atoms with Crippen molar-refractivity contribution in [1.82, 2.24) is 15.3 Å². The van der Waals surface area contributed by atoms with Gasteiger partial charge < -0.3 is 20.5 Å². The predicted octanol–water partition coefficient (Wildman–Crippen LogP) is 2.22. The van der Waals surface area contributed by atoms with Gasteiger partial charge in [-0.2, -0.15) is 0 Å². The fourth-order valence-electron chi connectivity index (χ4n) is 4.03. The lowest BCUT2D eigenvalue weighted by atomic mass is 9.73. The number of fused-ring (bicyclic) bond motifs is 4. The smallest absolute Gasteiger partial charge is 0.199 e. The third-order valence-corrected chi connectivity index (χ3v) is 5.32. The van der Waals surface area contributed by atoms with Crippen LogP contribution < -0.4 is 20.5 Å². The Balaban J connectivity index is 1.86. The first-order valence-corrected chi connectivity index (χ1v) is 8.23. The van der Waals surface area contributed by atoms with Crippen LogP contribution in [-0.2, 0) is 0 Å². The topological polar surface area (TPSA) is 82.3 Å². The molecule has 1 aliphatic carbocycles. The monoisotopic (exact) mass is 332 g/mol. The summed E-state index contributed by atoms with van der Waals surface area (Å²) in [5.41, 5.74) is 6.31. The Bertz CT molecular complexity index is 790. The Morgan fingerprint density at radius 1 is 1.25 bits per heavy atom. The Morgan fingerprint density at radius 2 is 2.08 bits per heavy atom. The third kappa shape index (κ3) is 2.26. The number of piperidine rings is 2. The summed E-state index contributed by atoms with van der Waals surface area (Å²) in [5.74, 6) is 1.40. The molecule has 1 saturated carbocycles. The highest BCUT2D eigenvalue weighted by Crippen LogP contribution is 2.42. The Hall–Kier alpha value is -2.15. The molecule has 3 fully saturated rings. The van der Waals surface area contributed by atoms with Crippen LogP contribution in [0.2, 0.25) is 0 Å². The van der Waals surface area contributed by atoms with E-state index in [1.54, 1.807) is 6.07 Å². The second-order valence-electron chi connectivity index (χ2n) is 6.57. The average molecular weight is 332 g/mol. The first-order valence-electron chi connectivity index (χ1n) is 8.23. The largest absolute Gasteiger partial charge is 0.493 e. The molecule has 2 aliphatic heterocycles. The van der Waals surface area contributed by atoms with Crippen LogP contribution in [0.25, 0.3) is 10.9 Å². The summed E-state index contributed by atoms with van der Waals surface area (Å²) in [7, 11) is 2.87. The van der Waals surface area contributed by atoms with E-state index >= 15 is 0 Å². The maximum atomic E-state index is 14.9. The zero-order valence-electron chi connectivity index (χ0n) is 13.8. The number of nitrogens with two attached hydrogens (primary N) is 1. The molecule has 0 radical (unpaired) electrons. The second kappa shape index (κ2) is 5.73. The molecule has 2 bridgehead atoms. The SMILES string of the molecule is COc1cc2c(N)nc(C3CC4CCC3CN4)nc2c(F)c1OC. The molecule has 128 valence electrons. The van der Waals surface area contributed by atoms with Gasteiger partial charge in [0.1, 0.15) is 17.2 Å². The van der Waals surface area contributed by atoms with Crippen molar-refractivity contribution in [3.05, 3.63) is 17.7 Å². The lowest BCUT2D eigenvalue weighted by Crippen LogP contribution is -2.48. The molecular weight excluding hydrogens is 311 g/mol. The molecular formula is C17H21FN4O2. The Labute approximate surface area is 139 Å². The fraction of sp³-hybridized carbons (Fsp3) is 0.529. The van der Waals surface area contributed by atoms with E-state index in [1.807, 2.05) is 0 Å². The van der Waals surface area contributed by atoms with Gasteiger partial charge in [-0.1, -0.05) is 0 Å². The Morgan fingerprint density at radius 3 is 2.67 bits per heavy atom. The average Bonchev–Trinajstić information content (AvgIpc) is 2.62. The van der Waals surface area contributed by atoms with E-state index in [0.717, 1.165) is 19.4 Å². The van der Waals surface area contributed by atoms with Crippen LogP contribution in [0.1, 0.15) is 31.0 Å². The molecule has 3 N–H and O–H groups in total.